The highest BCUT2D eigenvalue weighted by Gasteiger charge is 2.35. The van der Waals surface area contributed by atoms with E-state index in [2.05, 4.69) is 5.32 Å². The highest BCUT2D eigenvalue weighted by molar-refractivity contribution is 7.90. The van der Waals surface area contributed by atoms with E-state index in [1.165, 1.54) is 12.1 Å². The second-order valence-electron chi connectivity index (χ2n) is 7.82. The molecule has 0 fully saturated rings. The van der Waals surface area contributed by atoms with Crippen molar-refractivity contribution in [2.75, 3.05) is 12.8 Å². The van der Waals surface area contributed by atoms with Crippen LogP contribution in [-0.2, 0) is 22.4 Å². The Balaban J connectivity index is 1.43. The lowest BCUT2D eigenvalue weighted by molar-refractivity contribution is -0.137. The van der Waals surface area contributed by atoms with Crippen LogP contribution < -0.4 is 10.1 Å². The standard InChI is InChI=1S/C24H20F3NO4S/c1-33(30,31)19-9-6-15(7-10-19)16-8-11-22-17(12-16)13-18(32-22)14-28-23(29)20-4-2-3-5-21(20)24(25,26)27/h2-12,18H,13-14H2,1H3,(H,28,29). The quantitative estimate of drug-likeness (QED) is 0.590. The Bertz CT molecular complexity index is 1300. The van der Waals surface area contributed by atoms with E-state index in [0.29, 0.717) is 12.2 Å². The van der Waals surface area contributed by atoms with Crippen LogP contribution in [0, 0.1) is 0 Å². The molecule has 3 aromatic rings. The smallest absolute Gasteiger partial charge is 0.417 e. The highest BCUT2D eigenvalue weighted by atomic mass is 32.2. The number of carbonyl (C=O) groups is 1. The Hall–Kier alpha value is -3.33. The average molecular weight is 475 g/mol. The predicted molar refractivity (Wildman–Crippen MR) is 117 cm³/mol. The first kappa shape index (κ1) is 22.8. The van der Waals surface area contributed by atoms with E-state index >= 15 is 0 Å². The molecular formula is C24H20F3NO4S. The van der Waals surface area contributed by atoms with E-state index in [-0.39, 0.29) is 11.4 Å². The molecule has 1 unspecified atom stereocenters. The van der Waals surface area contributed by atoms with Crippen LogP contribution >= 0.6 is 0 Å². The summed E-state index contributed by atoms with van der Waals surface area (Å²) >= 11 is 0. The predicted octanol–water partition coefficient (Wildman–Crippen LogP) is 4.51. The summed E-state index contributed by atoms with van der Waals surface area (Å²) in [5.41, 5.74) is 1.20. The van der Waals surface area contributed by atoms with Gasteiger partial charge in [0.2, 0.25) is 0 Å². The summed E-state index contributed by atoms with van der Waals surface area (Å²) in [7, 11) is -3.28. The maximum Gasteiger partial charge on any atom is 0.417 e. The van der Waals surface area contributed by atoms with Crippen LogP contribution in [0.25, 0.3) is 11.1 Å². The number of amides is 1. The minimum absolute atomic E-state index is 0.0537. The minimum atomic E-state index is -4.62. The summed E-state index contributed by atoms with van der Waals surface area (Å²) in [6.07, 6.45) is -3.41. The number of sulfone groups is 1. The molecule has 33 heavy (non-hydrogen) atoms. The van der Waals surface area contributed by atoms with Crippen LogP contribution in [0.15, 0.2) is 71.6 Å². The van der Waals surface area contributed by atoms with Crippen molar-refractivity contribution in [3.63, 3.8) is 0 Å². The Kier molecular flexibility index (Phi) is 5.92. The summed E-state index contributed by atoms with van der Waals surface area (Å²) in [5, 5.41) is 2.53. The van der Waals surface area contributed by atoms with Crippen LogP contribution in [-0.4, -0.2) is 33.2 Å². The fourth-order valence-electron chi connectivity index (χ4n) is 3.74. The van der Waals surface area contributed by atoms with E-state index in [4.69, 9.17) is 4.74 Å². The molecule has 1 heterocycles. The lowest BCUT2D eigenvalue weighted by Crippen LogP contribution is -2.35. The number of carbonyl (C=O) groups excluding carboxylic acids is 1. The van der Waals surface area contributed by atoms with Gasteiger partial charge in [-0.05, 0) is 53.1 Å². The summed E-state index contributed by atoms with van der Waals surface area (Å²) in [6, 6.07) is 16.7. The molecule has 0 radical (unpaired) electrons. The van der Waals surface area contributed by atoms with Gasteiger partial charge in [0.25, 0.3) is 5.91 Å². The number of ether oxygens (including phenoxy) is 1. The minimum Gasteiger partial charge on any atom is -0.488 e. The molecule has 1 amide bonds. The molecule has 4 rings (SSSR count). The first-order valence-electron chi connectivity index (χ1n) is 10.1. The average Bonchev–Trinajstić information content (AvgIpc) is 3.18. The maximum absolute atomic E-state index is 13.2. The largest absolute Gasteiger partial charge is 0.488 e. The van der Waals surface area contributed by atoms with Crippen molar-refractivity contribution < 1.29 is 31.1 Å². The third-order valence-corrected chi connectivity index (χ3v) is 6.51. The van der Waals surface area contributed by atoms with E-state index in [1.807, 2.05) is 12.1 Å². The fraction of sp³-hybridized carbons (Fsp3) is 0.208. The normalized spacial score (nSPS) is 15.6. The van der Waals surface area contributed by atoms with Crippen molar-refractivity contribution in [2.24, 2.45) is 0 Å². The molecule has 5 nitrogen and oxygen atoms in total. The van der Waals surface area contributed by atoms with Gasteiger partial charge in [0, 0.05) is 12.7 Å². The van der Waals surface area contributed by atoms with E-state index in [1.54, 1.807) is 30.3 Å². The van der Waals surface area contributed by atoms with E-state index < -0.39 is 39.2 Å². The molecule has 0 saturated carbocycles. The SMILES string of the molecule is CS(=O)(=O)c1ccc(-c2ccc3c(c2)CC(CNC(=O)c2ccccc2C(F)(F)F)O3)cc1. The van der Waals surface area contributed by atoms with Crippen molar-refractivity contribution >= 4 is 15.7 Å². The van der Waals surface area contributed by atoms with Gasteiger partial charge in [0.05, 0.1) is 22.6 Å². The first-order valence-corrected chi connectivity index (χ1v) is 12.0. The number of hydrogen-bond donors (Lipinski definition) is 1. The van der Waals surface area contributed by atoms with Crippen LogP contribution in [0.1, 0.15) is 21.5 Å². The third-order valence-electron chi connectivity index (χ3n) is 5.38. The molecule has 0 spiro atoms. The van der Waals surface area contributed by atoms with E-state index in [0.717, 1.165) is 35.1 Å². The number of nitrogens with one attached hydrogen (secondary N) is 1. The van der Waals surface area contributed by atoms with Crippen LogP contribution in [0.3, 0.4) is 0 Å². The lowest BCUT2D eigenvalue weighted by atomic mass is 10.0. The molecule has 1 aliphatic heterocycles. The van der Waals surface area contributed by atoms with Gasteiger partial charge in [-0.25, -0.2) is 8.42 Å². The summed E-state index contributed by atoms with van der Waals surface area (Å²) < 4.78 is 68.6. The first-order chi connectivity index (χ1) is 15.5. The van der Waals surface area contributed by atoms with Gasteiger partial charge in [-0.3, -0.25) is 4.79 Å². The van der Waals surface area contributed by atoms with Crippen molar-refractivity contribution in [1.82, 2.24) is 5.32 Å². The van der Waals surface area contributed by atoms with Crippen molar-refractivity contribution in [3.8, 4) is 16.9 Å². The third kappa shape index (κ3) is 5.03. The summed E-state index contributed by atoms with van der Waals surface area (Å²) in [4.78, 5) is 12.6. The zero-order valence-electron chi connectivity index (χ0n) is 17.5. The molecule has 172 valence electrons. The zero-order valence-corrected chi connectivity index (χ0v) is 18.3. The van der Waals surface area contributed by atoms with Gasteiger partial charge >= 0.3 is 6.18 Å². The molecule has 1 aliphatic rings. The molecule has 9 heteroatoms. The number of fused-ring (bicyclic) bond motifs is 1. The van der Waals surface area contributed by atoms with Gasteiger partial charge in [0.15, 0.2) is 9.84 Å². The molecule has 0 aliphatic carbocycles. The van der Waals surface area contributed by atoms with Gasteiger partial charge in [-0.1, -0.05) is 30.3 Å². The van der Waals surface area contributed by atoms with Crippen LogP contribution in [0.5, 0.6) is 5.75 Å². The molecule has 0 bridgehead atoms. The Morgan fingerprint density at radius 3 is 2.36 bits per heavy atom. The summed E-state index contributed by atoms with van der Waals surface area (Å²) in [6.45, 7) is 0.0537. The van der Waals surface area contributed by atoms with Crippen molar-refractivity contribution in [1.29, 1.82) is 0 Å². The van der Waals surface area contributed by atoms with E-state index in [9.17, 15) is 26.4 Å². The Labute approximate surface area is 189 Å². The van der Waals surface area contributed by atoms with Gasteiger partial charge in [0.1, 0.15) is 11.9 Å². The molecular weight excluding hydrogens is 455 g/mol. The topological polar surface area (TPSA) is 72.5 Å². The Morgan fingerprint density at radius 2 is 1.70 bits per heavy atom. The number of rotatable bonds is 5. The molecule has 1 atom stereocenters. The molecule has 1 N–H and O–H groups in total. The number of alkyl halides is 3. The molecule has 0 aromatic heterocycles. The van der Waals surface area contributed by atoms with Crippen molar-refractivity contribution in [3.05, 3.63) is 83.4 Å². The van der Waals surface area contributed by atoms with Crippen LogP contribution in [0.2, 0.25) is 0 Å². The fourth-order valence-corrected chi connectivity index (χ4v) is 4.37. The highest BCUT2D eigenvalue weighted by Crippen LogP contribution is 2.34. The number of benzene rings is 3. The molecule has 3 aromatic carbocycles. The molecule has 0 saturated heterocycles. The van der Waals surface area contributed by atoms with Gasteiger partial charge in [-0.2, -0.15) is 13.2 Å². The zero-order chi connectivity index (χ0) is 23.8. The summed E-state index contributed by atoms with van der Waals surface area (Å²) in [5.74, 6) is -0.171. The monoisotopic (exact) mass is 475 g/mol. The number of halogens is 3. The van der Waals surface area contributed by atoms with Crippen molar-refractivity contribution in [2.45, 2.75) is 23.6 Å². The van der Waals surface area contributed by atoms with Gasteiger partial charge in [-0.15, -0.1) is 0 Å². The second-order valence-corrected chi connectivity index (χ2v) is 9.83. The van der Waals surface area contributed by atoms with Gasteiger partial charge < -0.3 is 10.1 Å². The number of hydrogen-bond acceptors (Lipinski definition) is 4. The maximum atomic E-state index is 13.2. The second kappa shape index (κ2) is 8.55. The lowest BCUT2D eigenvalue weighted by Gasteiger charge is -2.15. The Morgan fingerprint density at radius 1 is 1.03 bits per heavy atom. The van der Waals surface area contributed by atoms with Crippen LogP contribution in [0.4, 0.5) is 13.2 Å².